The van der Waals surface area contributed by atoms with Crippen LogP contribution in [0.25, 0.3) is 0 Å². The zero-order chi connectivity index (χ0) is 7.94. The fourth-order valence-corrected chi connectivity index (χ4v) is 1.53. The normalized spacial score (nSPS) is 19.2. The van der Waals surface area contributed by atoms with Crippen molar-refractivity contribution in [1.29, 1.82) is 0 Å². The van der Waals surface area contributed by atoms with E-state index in [9.17, 15) is 0 Å². The monoisotopic (exact) mass is 153 g/mol. The van der Waals surface area contributed by atoms with Crippen molar-refractivity contribution < 1.29 is 0 Å². The fraction of sp³-hybridized carbons (Fsp3) is 0.800. The molecule has 0 saturated heterocycles. The number of allylic oxidation sites excluding steroid dienone is 1. The molecule has 0 aromatic heterocycles. The predicted molar refractivity (Wildman–Crippen MR) is 49.7 cm³/mol. The molecular formula is C10H19N. The molecule has 0 fully saturated rings. The quantitative estimate of drug-likeness (QED) is 0.614. The Morgan fingerprint density at radius 3 is 3.09 bits per heavy atom. The Bertz CT molecular complexity index is 127. The molecule has 0 bridgehead atoms. The first-order valence-corrected chi connectivity index (χ1v) is 4.82. The highest BCUT2D eigenvalue weighted by Gasteiger charge is 2.00. The second-order valence-corrected chi connectivity index (χ2v) is 3.24. The van der Waals surface area contributed by atoms with E-state index in [0.717, 1.165) is 13.1 Å². The summed E-state index contributed by atoms with van der Waals surface area (Å²) in [6, 6.07) is 0. The van der Waals surface area contributed by atoms with E-state index in [1.54, 1.807) is 5.57 Å². The minimum absolute atomic E-state index is 1.09. The molecule has 1 heteroatoms. The third-order valence-electron chi connectivity index (χ3n) is 2.24. The van der Waals surface area contributed by atoms with Gasteiger partial charge in [0.05, 0.1) is 0 Å². The van der Waals surface area contributed by atoms with Crippen molar-refractivity contribution in [2.24, 2.45) is 0 Å². The van der Waals surface area contributed by atoms with Gasteiger partial charge in [-0.15, -0.1) is 0 Å². The van der Waals surface area contributed by atoms with Gasteiger partial charge in [0, 0.05) is 6.54 Å². The van der Waals surface area contributed by atoms with Gasteiger partial charge in [-0.05, 0) is 32.2 Å². The number of nitrogens with one attached hydrogen (secondary N) is 1. The lowest BCUT2D eigenvalue weighted by molar-refractivity contribution is 0.690. The lowest BCUT2D eigenvalue weighted by Crippen LogP contribution is -2.15. The molecule has 1 aliphatic carbocycles. The highest BCUT2D eigenvalue weighted by molar-refractivity contribution is 5.05. The van der Waals surface area contributed by atoms with E-state index >= 15 is 0 Å². The standard InChI is InChI=1S/C10H19N/c1-2-11-9-10-7-5-3-4-6-8-10/h7,11H,2-6,8-9H2,1H3. The summed E-state index contributed by atoms with van der Waals surface area (Å²) in [6.07, 6.45) is 9.28. The first-order valence-electron chi connectivity index (χ1n) is 4.82. The van der Waals surface area contributed by atoms with Crippen LogP contribution in [0.3, 0.4) is 0 Å². The highest BCUT2D eigenvalue weighted by Crippen LogP contribution is 2.15. The molecule has 0 aromatic carbocycles. The Balaban J connectivity index is 2.23. The summed E-state index contributed by atoms with van der Waals surface area (Å²) in [6.45, 7) is 4.38. The molecule has 0 atom stereocenters. The van der Waals surface area contributed by atoms with Gasteiger partial charge in [-0.25, -0.2) is 0 Å². The van der Waals surface area contributed by atoms with Crippen LogP contribution in [0.5, 0.6) is 0 Å². The third kappa shape index (κ3) is 3.57. The van der Waals surface area contributed by atoms with Crippen LogP contribution < -0.4 is 5.32 Å². The molecular weight excluding hydrogens is 134 g/mol. The second-order valence-electron chi connectivity index (χ2n) is 3.24. The van der Waals surface area contributed by atoms with Gasteiger partial charge in [-0.1, -0.05) is 25.0 Å². The molecule has 1 aliphatic rings. The van der Waals surface area contributed by atoms with Gasteiger partial charge in [0.25, 0.3) is 0 Å². The molecule has 0 aliphatic heterocycles. The van der Waals surface area contributed by atoms with E-state index in [1.165, 1.54) is 32.1 Å². The van der Waals surface area contributed by atoms with Crippen molar-refractivity contribution in [2.45, 2.75) is 39.0 Å². The largest absolute Gasteiger partial charge is 0.313 e. The maximum Gasteiger partial charge on any atom is 0.0164 e. The third-order valence-corrected chi connectivity index (χ3v) is 2.24. The van der Waals surface area contributed by atoms with Gasteiger partial charge in [0.15, 0.2) is 0 Å². The zero-order valence-electron chi connectivity index (χ0n) is 7.53. The van der Waals surface area contributed by atoms with Gasteiger partial charge in [0.1, 0.15) is 0 Å². The predicted octanol–water partition coefficient (Wildman–Crippen LogP) is 2.49. The van der Waals surface area contributed by atoms with Crippen LogP contribution in [0.1, 0.15) is 39.0 Å². The van der Waals surface area contributed by atoms with E-state index in [0.29, 0.717) is 0 Å². The lowest BCUT2D eigenvalue weighted by Gasteiger charge is -2.04. The second kappa shape index (κ2) is 5.36. The molecule has 0 saturated carbocycles. The molecule has 64 valence electrons. The van der Waals surface area contributed by atoms with E-state index < -0.39 is 0 Å². The number of hydrogen-bond donors (Lipinski definition) is 1. The summed E-state index contributed by atoms with van der Waals surface area (Å²) in [7, 11) is 0. The number of hydrogen-bond acceptors (Lipinski definition) is 1. The maximum atomic E-state index is 3.38. The van der Waals surface area contributed by atoms with Gasteiger partial charge >= 0.3 is 0 Å². The molecule has 0 radical (unpaired) electrons. The van der Waals surface area contributed by atoms with Crippen molar-refractivity contribution in [3.8, 4) is 0 Å². The van der Waals surface area contributed by atoms with Crippen LogP contribution >= 0.6 is 0 Å². The van der Waals surface area contributed by atoms with Crippen molar-refractivity contribution in [2.75, 3.05) is 13.1 Å². The Morgan fingerprint density at radius 2 is 2.27 bits per heavy atom. The van der Waals surface area contributed by atoms with E-state index in [1.807, 2.05) is 0 Å². The van der Waals surface area contributed by atoms with Crippen LogP contribution in [0, 0.1) is 0 Å². The van der Waals surface area contributed by atoms with E-state index in [-0.39, 0.29) is 0 Å². The maximum absolute atomic E-state index is 3.38. The summed E-state index contributed by atoms with van der Waals surface area (Å²) >= 11 is 0. The Kier molecular flexibility index (Phi) is 4.29. The SMILES string of the molecule is CCNCC1=CCCCCC1. The molecule has 0 aromatic rings. The summed E-state index contributed by atoms with van der Waals surface area (Å²) in [4.78, 5) is 0. The Hall–Kier alpha value is -0.300. The van der Waals surface area contributed by atoms with E-state index in [4.69, 9.17) is 0 Å². The van der Waals surface area contributed by atoms with Crippen LogP contribution in [0.2, 0.25) is 0 Å². The smallest absolute Gasteiger partial charge is 0.0164 e. The van der Waals surface area contributed by atoms with Gasteiger partial charge < -0.3 is 5.32 Å². The van der Waals surface area contributed by atoms with Crippen LogP contribution in [0.15, 0.2) is 11.6 Å². The average Bonchev–Trinajstić information content (AvgIpc) is 2.28. The first kappa shape index (κ1) is 8.79. The Labute approximate surface area is 69.9 Å². The van der Waals surface area contributed by atoms with Gasteiger partial charge in [0.2, 0.25) is 0 Å². The number of rotatable bonds is 3. The minimum atomic E-state index is 1.09. The molecule has 1 rings (SSSR count). The highest BCUT2D eigenvalue weighted by atomic mass is 14.8. The average molecular weight is 153 g/mol. The molecule has 0 unspecified atom stereocenters. The minimum Gasteiger partial charge on any atom is -0.313 e. The van der Waals surface area contributed by atoms with Crippen molar-refractivity contribution >= 4 is 0 Å². The van der Waals surface area contributed by atoms with Crippen molar-refractivity contribution in [3.05, 3.63) is 11.6 Å². The van der Waals surface area contributed by atoms with Crippen LogP contribution in [-0.4, -0.2) is 13.1 Å². The molecule has 0 spiro atoms. The summed E-state index contributed by atoms with van der Waals surface area (Å²) in [5.41, 5.74) is 1.63. The molecule has 1 nitrogen and oxygen atoms in total. The molecule has 1 N–H and O–H groups in total. The summed E-state index contributed by atoms with van der Waals surface area (Å²) < 4.78 is 0. The topological polar surface area (TPSA) is 12.0 Å². The Morgan fingerprint density at radius 1 is 1.36 bits per heavy atom. The fourth-order valence-electron chi connectivity index (χ4n) is 1.53. The van der Waals surface area contributed by atoms with Crippen molar-refractivity contribution in [1.82, 2.24) is 5.32 Å². The number of likely N-dealkylation sites (N-methyl/N-ethyl adjacent to an activating group) is 1. The first-order chi connectivity index (χ1) is 5.43. The lowest BCUT2D eigenvalue weighted by atomic mass is 10.1. The molecule has 0 amide bonds. The summed E-state index contributed by atoms with van der Waals surface area (Å²) in [5.74, 6) is 0. The molecule has 11 heavy (non-hydrogen) atoms. The van der Waals surface area contributed by atoms with Crippen molar-refractivity contribution in [3.63, 3.8) is 0 Å². The van der Waals surface area contributed by atoms with Gasteiger partial charge in [-0.2, -0.15) is 0 Å². The zero-order valence-corrected chi connectivity index (χ0v) is 7.53. The van der Waals surface area contributed by atoms with Crippen LogP contribution in [-0.2, 0) is 0 Å². The summed E-state index contributed by atoms with van der Waals surface area (Å²) in [5, 5.41) is 3.38. The van der Waals surface area contributed by atoms with Gasteiger partial charge in [-0.3, -0.25) is 0 Å². The molecule has 0 heterocycles. The van der Waals surface area contributed by atoms with E-state index in [2.05, 4.69) is 18.3 Å². The van der Waals surface area contributed by atoms with Crippen LogP contribution in [0.4, 0.5) is 0 Å².